The third-order valence-electron chi connectivity index (χ3n) is 5.02. The molecule has 1 N–H and O–H groups in total. The van der Waals surface area contributed by atoms with E-state index in [0.29, 0.717) is 32.5 Å². The van der Waals surface area contributed by atoms with Crippen molar-refractivity contribution in [3.8, 4) is 5.75 Å². The Bertz CT molecular complexity index is 775. The fourth-order valence-electron chi connectivity index (χ4n) is 3.08. The molecule has 30 heavy (non-hydrogen) atoms. The van der Waals surface area contributed by atoms with Crippen molar-refractivity contribution in [1.29, 1.82) is 0 Å². The lowest BCUT2D eigenvalue weighted by Crippen LogP contribution is -2.47. The molecule has 2 aromatic carbocycles. The van der Waals surface area contributed by atoms with Crippen LogP contribution in [0.3, 0.4) is 0 Å². The number of ether oxygens (including phenoxy) is 1. The number of benzene rings is 2. The molecule has 5 nitrogen and oxygen atoms in total. The second-order valence-electron chi connectivity index (χ2n) is 7.59. The Labute approximate surface area is 180 Å². The monoisotopic (exact) mass is 410 g/mol. The molecule has 0 unspecified atom stereocenters. The Hall–Kier alpha value is -2.82. The molecule has 162 valence electrons. The quantitative estimate of drug-likeness (QED) is 0.525. The topological polar surface area (TPSA) is 58.6 Å². The maximum absolute atomic E-state index is 13.0. The predicted octanol–water partition coefficient (Wildman–Crippen LogP) is 4.49. The van der Waals surface area contributed by atoms with Gasteiger partial charge in [-0.2, -0.15) is 0 Å². The molecule has 0 heterocycles. The van der Waals surface area contributed by atoms with E-state index < -0.39 is 6.04 Å². The van der Waals surface area contributed by atoms with Gasteiger partial charge in [0, 0.05) is 19.5 Å². The first kappa shape index (κ1) is 23.5. The number of unbranched alkanes of at least 4 members (excludes halogenated alkanes) is 1. The molecular formula is C25H34N2O3. The molecule has 0 fully saturated rings. The zero-order valence-corrected chi connectivity index (χ0v) is 18.4. The highest BCUT2D eigenvalue weighted by atomic mass is 16.5. The number of hydrogen-bond donors (Lipinski definition) is 1. The number of para-hydroxylation sites is 1. The van der Waals surface area contributed by atoms with Gasteiger partial charge in [0.15, 0.2) is 0 Å². The van der Waals surface area contributed by atoms with Crippen LogP contribution in [0.5, 0.6) is 5.75 Å². The van der Waals surface area contributed by atoms with Crippen LogP contribution >= 0.6 is 0 Å². The van der Waals surface area contributed by atoms with E-state index >= 15 is 0 Å². The van der Waals surface area contributed by atoms with Crippen LogP contribution in [0, 0.1) is 6.92 Å². The largest absolute Gasteiger partial charge is 0.494 e. The third-order valence-corrected chi connectivity index (χ3v) is 5.02. The number of amides is 2. The summed E-state index contributed by atoms with van der Waals surface area (Å²) in [5.41, 5.74) is 2.18. The number of aryl methyl sites for hydroxylation is 1. The summed E-state index contributed by atoms with van der Waals surface area (Å²) in [5, 5.41) is 2.94. The summed E-state index contributed by atoms with van der Waals surface area (Å²) in [4.78, 5) is 27.3. The van der Waals surface area contributed by atoms with Crippen molar-refractivity contribution in [1.82, 2.24) is 10.2 Å². The van der Waals surface area contributed by atoms with Crippen LogP contribution in [0.15, 0.2) is 54.6 Å². The average Bonchev–Trinajstić information content (AvgIpc) is 2.76. The number of nitrogens with zero attached hydrogens (tertiary/aromatic N) is 1. The maximum Gasteiger partial charge on any atom is 0.242 e. The average molecular weight is 411 g/mol. The molecule has 0 radical (unpaired) electrons. The van der Waals surface area contributed by atoms with Gasteiger partial charge in [-0.3, -0.25) is 9.59 Å². The summed E-state index contributed by atoms with van der Waals surface area (Å²) in [6.45, 7) is 7.43. The third kappa shape index (κ3) is 7.90. The van der Waals surface area contributed by atoms with Crippen molar-refractivity contribution in [2.24, 2.45) is 0 Å². The number of nitrogens with one attached hydrogen (secondary N) is 1. The number of carbonyl (C=O) groups excluding carboxylic acids is 2. The SMILES string of the molecule is CCCCNC(=O)[C@H](C)N(Cc1ccc(C)cc1)C(=O)CCCOc1ccccc1. The van der Waals surface area contributed by atoms with Crippen molar-refractivity contribution in [3.63, 3.8) is 0 Å². The van der Waals surface area contributed by atoms with Crippen LogP contribution in [-0.4, -0.2) is 35.9 Å². The highest BCUT2D eigenvalue weighted by Gasteiger charge is 2.25. The van der Waals surface area contributed by atoms with E-state index in [1.807, 2.05) is 61.5 Å². The molecule has 5 heteroatoms. The summed E-state index contributed by atoms with van der Waals surface area (Å²) in [7, 11) is 0. The van der Waals surface area contributed by atoms with Gasteiger partial charge < -0.3 is 15.0 Å². The lowest BCUT2D eigenvalue weighted by Gasteiger charge is -2.29. The first-order chi connectivity index (χ1) is 14.5. The van der Waals surface area contributed by atoms with Crippen LogP contribution in [0.2, 0.25) is 0 Å². The molecule has 0 bridgehead atoms. The molecule has 0 spiro atoms. The Morgan fingerprint density at radius 1 is 1.03 bits per heavy atom. The Kier molecular flexibility index (Phi) is 9.92. The molecule has 0 aliphatic heterocycles. The van der Waals surface area contributed by atoms with E-state index in [0.717, 1.165) is 24.2 Å². The smallest absolute Gasteiger partial charge is 0.242 e. The predicted molar refractivity (Wildman–Crippen MR) is 120 cm³/mol. The first-order valence-electron chi connectivity index (χ1n) is 10.8. The lowest BCUT2D eigenvalue weighted by atomic mass is 10.1. The van der Waals surface area contributed by atoms with Gasteiger partial charge in [0.1, 0.15) is 11.8 Å². The van der Waals surface area contributed by atoms with Crippen LogP contribution in [0.4, 0.5) is 0 Å². The fraction of sp³-hybridized carbons (Fsp3) is 0.440. The van der Waals surface area contributed by atoms with Gasteiger partial charge in [0.2, 0.25) is 11.8 Å². The minimum absolute atomic E-state index is 0.0367. The van der Waals surface area contributed by atoms with Crippen molar-refractivity contribution < 1.29 is 14.3 Å². The Balaban J connectivity index is 1.96. The normalized spacial score (nSPS) is 11.6. The Morgan fingerprint density at radius 2 is 1.73 bits per heavy atom. The molecular weight excluding hydrogens is 376 g/mol. The first-order valence-corrected chi connectivity index (χ1v) is 10.8. The molecule has 0 aliphatic rings. The molecule has 2 rings (SSSR count). The molecule has 1 atom stereocenters. The molecule has 0 aromatic heterocycles. The van der Waals surface area contributed by atoms with Gasteiger partial charge >= 0.3 is 0 Å². The fourth-order valence-corrected chi connectivity index (χ4v) is 3.08. The van der Waals surface area contributed by atoms with E-state index in [2.05, 4.69) is 12.2 Å². The van der Waals surface area contributed by atoms with E-state index in [-0.39, 0.29) is 11.8 Å². The van der Waals surface area contributed by atoms with Crippen LogP contribution < -0.4 is 10.1 Å². The van der Waals surface area contributed by atoms with Gasteiger partial charge in [-0.15, -0.1) is 0 Å². The minimum atomic E-state index is -0.522. The van der Waals surface area contributed by atoms with Gasteiger partial charge in [0.05, 0.1) is 6.61 Å². The van der Waals surface area contributed by atoms with Crippen LogP contribution in [0.1, 0.15) is 50.7 Å². The van der Waals surface area contributed by atoms with Gasteiger partial charge in [-0.05, 0) is 44.4 Å². The van der Waals surface area contributed by atoms with Crippen molar-refractivity contribution in [2.75, 3.05) is 13.2 Å². The number of carbonyl (C=O) groups is 2. The van der Waals surface area contributed by atoms with E-state index in [4.69, 9.17) is 4.74 Å². The van der Waals surface area contributed by atoms with Crippen molar-refractivity contribution in [3.05, 3.63) is 65.7 Å². The number of hydrogen-bond acceptors (Lipinski definition) is 3. The summed E-state index contributed by atoms with van der Waals surface area (Å²) >= 11 is 0. The minimum Gasteiger partial charge on any atom is -0.494 e. The van der Waals surface area contributed by atoms with E-state index in [1.54, 1.807) is 11.8 Å². The summed E-state index contributed by atoms with van der Waals surface area (Å²) < 4.78 is 5.69. The maximum atomic E-state index is 13.0. The van der Waals surface area contributed by atoms with E-state index in [1.165, 1.54) is 5.56 Å². The zero-order valence-electron chi connectivity index (χ0n) is 18.4. The summed E-state index contributed by atoms with van der Waals surface area (Å²) in [5.74, 6) is 0.653. The van der Waals surface area contributed by atoms with Crippen molar-refractivity contribution in [2.45, 2.75) is 59.0 Å². The second-order valence-corrected chi connectivity index (χ2v) is 7.59. The molecule has 0 saturated heterocycles. The van der Waals surface area contributed by atoms with Gasteiger partial charge in [0.25, 0.3) is 0 Å². The molecule has 0 aliphatic carbocycles. The molecule has 2 aromatic rings. The van der Waals surface area contributed by atoms with Gasteiger partial charge in [-0.1, -0.05) is 61.4 Å². The summed E-state index contributed by atoms with van der Waals surface area (Å²) in [6, 6.07) is 17.1. The Morgan fingerprint density at radius 3 is 2.40 bits per heavy atom. The second kappa shape index (κ2) is 12.7. The zero-order chi connectivity index (χ0) is 21.8. The van der Waals surface area contributed by atoms with Crippen LogP contribution in [-0.2, 0) is 16.1 Å². The van der Waals surface area contributed by atoms with Gasteiger partial charge in [-0.25, -0.2) is 0 Å². The standard InChI is InChI=1S/C25H34N2O3/c1-4-5-17-26-25(29)21(3)27(19-22-15-13-20(2)14-16-22)24(28)12-9-18-30-23-10-7-6-8-11-23/h6-8,10-11,13-16,21H,4-5,9,12,17-19H2,1-3H3,(H,26,29)/t21-/m0/s1. The highest BCUT2D eigenvalue weighted by molar-refractivity contribution is 5.87. The highest BCUT2D eigenvalue weighted by Crippen LogP contribution is 2.14. The van der Waals surface area contributed by atoms with E-state index in [9.17, 15) is 9.59 Å². The van der Waals surface area contributed by atoms with Crippen LogP contribution in [0.25, 0.3) is 0 Å². The van der Waals surface area contributed by atoms with Crippen molar-refractivity contribution >= 4 is 11.8 Å². The molecule has 0 saturated carbocycles. The lowest BCUT2D eigenvalue weighted by molar-refractivity contribution is -0.140. The summed E-state index contributed by atoms with van der Waals surface area (Å²) in [6.07, 6.45) is 2.89. The molecule has 2 amide bonds. The number of rotatable bonds is 12.